The summed E-state index contributed by atoms with van der Waals surface area (Å²) in [6, 6.07) is 14.2. The highest BCUT2D eigenvalue weighted by molar-refractivity contribution is 14.1. The fourth-order valence-electron chi connectivity index (χ4n) is 2.80. The lowest BCUT2D eigenvalue weighted by Gasteiger charge is -2.31. The number of anilines is 1. The van der Waals surface area contributed by atoms with Gasteiger partial charge in [-0.2, -0.15) is 0 Å². The van der Waals surface area contributed by atoms with E-state index in [9.17, 15) is 4.57 Å². The third-order valence-corrected chi connectivity index (χ3v) is 7.85. The van der Waals surface area contributed by atoms with Gasteiger partial charge in [0.2, 0.25) is 0 Å². The average Bonchev–Trinajstić information content (AvgIpc) is 2.59. The number of thioether (sulfide) groups is 1. The molecule has 0 fully saturated rings. The van der Waals surface area contributed by atoms with E-state index in [1.54, 1.807) is 11.8 Å². The zero-order valence-corrected chi connectivity index (χ0v) is 21.1. The third-order valence-electron chi connectivity index (χ3n) is 3.94. The molecule has 1 unspecified atom stereocenters. The Morgan fingerprint density at radius 3 is 2.04 bits per heavy atom. The van der Waals surface area contributed by atoms with Gasteiger partial charge >= 0.3 is 7.60 Å². The fraction of sp³-hybridized carbons (Fsp3) is 0.429. The van der Waals surface area contributed by atoms with Crippen molar-refractivity contribution >= 4 is 47.6 Å². The van der Waals surface area contributed by atoms with E-state index in [0.29, 0.717) is 0 Å². The maximum Gasteiger partial charge on any atom is 0.357 e. The molecule has 4 nitrogen and oxygen atoms in total. The van der Waals surface area contributed by atoms with Gasteiger partial charge in [0.05, 0.1) is 12.2 Å². The van der Waals surface area contributed by atoms with E-state index in [4.69, 9.17) is 9.05 Å². The summed E-state index contributed by atoms with van der Waals surface area (Å²) in [6.45, 7) is 9.54. The molecule has 28 heavy (non-hydrogen) atoms. The predicted octanol–water partition coefficient (Wildman–Crippen LogP) is 7.48. The number of halogens is 1. The first-order valence-corrected chi connectivity index (χ1v) is 13.2. The van der Waals surface area contributed by atoms with Crippen LogP contribution in [0, 0.1) is 10.5 Å². The molecule has 2 rings (SSSR count). The molecular weight excluding hydrogens is 504 g/mol. The Morgan fingerprint density at radius 1 is 1.00 bits per heavy atom. The number of hydrogen-bond donors (Lipinski definition) is 1. The van der Waals surface area contributed by atoms with Crippen molar-refractivity contribution in [2.45, 2.75) is 57.5 Å². The molecule has 0 amide bonds. The molecule has 0 saturated carbocycles. The van der Waals surface area contributed by atoms with Crippen LogP contribution in [0.5, 0.6) is 0 Å². The van der Waals surface area contributed by atoms with Gasteiger partial charge in [0.15, 0.2) is 5.78 Å². The summed E-state index contributed by atoms with van der Waals surface area (Å²) >= 11 is 3.96. The monoisotopic (exact) mass is 533 g/mol. The number of benzene rings is 2. The second kappa shape index (κ2) is 10.5. The highest BCUT2D eigenvalue weighted by atomic mass is 127. The van der Waals surface area contributed by atoms with Gasteiger partial charge in [0, 0.05) is 14.2 Å². The lowest BCUT2D eigenvalue weighted by Crippen LogP contribution is -2.19. The Labute approximate surface area is 186 Å². The summed E-state index contributed by atoms with van der Waals surface area (Å²) in [4.78, 5) is 1.15. The predicted molar refractivity (Wildman–Crippen MR) is 129 cm³/mol. The minimum Gasteiger partial charge on any atom is -0.368 e. The van der Waals surface area contributed by atoms with Crippen LogP contribution in [0.15, 0.2) is 47.4 Å². The zero-order chi connectivity index (χ0) is 20.9. The van der Waals surface area contributed by atoms with E-state index in [2.05, 4.69) is 34.0 Å². The zero-order valence-electron chi connectivity index (χ0n) is 17.2. The van der Waals surface area contributed by atoms with Crippen molar-refractivity contribution in [1.82, 2.24) is 0 Å². The summed E-state index contributed by atoms with van der Waals surface area (Å²) in [6.07, 6.45) is 1.59. The molecule has 0 saturated heterocycles. The van der Waals surface area contributed by atoms with Crippen LogP contribution in [0.1, 0.15) is 44.6 Å². The number of rotatable bonds is 9. The van der Waals surface area contributed by atoms with Crippen LogP contribution in [0.3, 0.4) is 0 Å². The maximum absolute atomic E-state index is 14.0. The third kappa shape index (κ3) is 6.49. The van der Waals surface area contributed by atoms with Gasteiger partial charge in [0.25, 0.3) is 0 Å². The van der Waals surface area contributed by atoms with E-state index in [1.807, 2.05) is 77.3 Å². The lowest BCUT2D eigenvalue weighted by molar-refractivity contribution is 0.138. The van der Waals surface area contributed by atoms with E-state index < -0.39 is 13.4 Å². The molecule has 0 aromatic heterocycles. The summed E-state index contributed by atoms with van der Waals surface area (Å²) in [5, 5.41) is 3.46. The highest BCUT2D eigenvalue weighted by Gasteiger charge is 2.39. The number of aryl methyl sites for hydroxylation is 1. The molecule has 2 aromatic carbocycles. The molecular formula is C21H29INO3PS. The molecule has 0 aliphatic carbocycles. The Balaban J connectivity index is 2.53. The van der Waals surface area contributed by atoms with Crippen molar-refractivity contribution < 1.29 is 13.6 Å². The van der Waals surface area contributed by atoms with Crippen LogP contribution in [-0.2, 0) is 13.6 Å². The van der Waals surface area contributed by atoms with Crippen molar-refractivity contribution in [3.63, 3.8) is 0 Å². The minimum absolute atomic E-state index is 0.225. The van der Waals surface area contributed by atoms with Crippen molar-refractivity contribution in [1.29, 1.82) is 0 Å². The van der Waals surface area contributed by atoms with Crippen LogP contribution >= 0.6 is 41.9 Å². The normalized spacial score (nSPS) is 13.2. The first-order chi connectivity index (χ1) is 13.1. The van der Waals surface area contributed by atoms with Gasteiger partial charge in [-0.3, -0.25) is 4.57 Å². The molecule has 0 heterocycles. The maximum atomic E-state index is 14.0. The van der Waals surface area contributed by atoms with Crippen molar-refractivity contribution in [2.24, 2.45) is 0 Å². The van der Waals surface area contributed by atoms with Crippen molar-refractivity contribution in [3.05, 3.63) is 57.2 Å². The second-order valence-corrected chi connectivity index (χ2v) is 11.3. The SMILES string of the molecule is CSc1ccc(C(Nc2ccc(I)cc2C)P(=O)(OC(C)C)OC(C)C)cc1. The Kier molecular flexibility index (Phi) is 8.89. The number of nitrogens with one attached hydrogen (secondary N) is 1. The quantitative estimate of drug-likeness (QED) is 0.206. The molecule has 0 radical (unpaired) electrons. The van der Waals surface area contributed by atoms with Crippen LogP contribution in [0.25, 0.3) is 0 Å². The van der Waals surface area contributed by atoms with Gasteiger partial charge in [-0.25, -0.2) is 0 Å². The smallest absolute Gasteiger partial charge is 0.357 e. The van der Waals surface area contributed by atoms with E-state index >= 15 is 0 Å². The summed E-state index contributed by atoms with van der Waals surface area (Å²) in [5.41, 5.74) is 2.87. The van der Waals surface area contributed by atoms with E-state index in [-0.39, 0.29) is 12.2 Å². The molecule has 1 N–H and O–H groups in total. The summed E-state index contributed by atoms with van der Waals surface area (Å²) in [7, 11) is -3.50. The van der Waals surface area contributed by atoms with Crippen molar-refractivity contribution in [2.75, 3.05) is 11.6 Å². The van der Waals surface area contributed by atoms with Gasteiger partial charge in [0.1, 0.15) is 0 Å². The minimum atomic E-state index is -3.50. The Bertz CT molecular complexity index is 813. The lowest BCUT2D eigenvalue weighted by atomic mass is 10.1. The Morgan fingerprint density at radius 2 is 1.57 bits per heavy atom. The molecule has 0 aliphatic heterocycles. The summed E-state index contributed by atoms with van der Waals surface area (Å²) in [5.74, 6) is -0.605. The highest BCUT2D eigenvalue weighted by Crippen LogP contribution is 2.62. The summed E-state index contributed by atoms with van der Waals surface area (Å²) < 4.78 is 27.0. The molecule has 0 bridgehead atoms. The van der Waals surface area contributed by atoms with E-state index in [1.165, 1.54) is 0 Å². The molecule has 0 aliphatic rings. The molecule has 2 aromatic rings. The van der Waals surface area contributed by atoms with E-state index in [0.717, 1.165) is 25.3 Å². The van der Waals surface area contributed by atoms with Gasteiger partial charge in [-0.1, -0.05) is 12.1 Å². The van der Waals surface area contributed by atoms with Gasteiger partial charge in [-0.15, -0.1) is 11.8 Å². The van der Waals surface area contributed by atoms with Gasteiger partial charge < -0.3 is 14.4 Å². The van der Waals surface area contributed by atoms with Crippen LogP contribution < -0.4 is 5.32 Å². The van der Waals surface area contributed by atoms with Crippen LogP contribution in [0.4, 0.5) is 5.69 Å². The molecule has 0 spiro atoms. The molecule has 1 atom stereocenters. The van der Waals surface area contributed by atoms with Crippen LogP contribution in [-0.4, -0.2) is 18.5 Å². The van der Waals surface area contributed by atoms with Crippen molar-refractivity contribution in [3.8, 4) is 0 Å². The topological polar surface area (TPSA) is 47.6 Å². The molecule has 154 valence electrons. The van der Waals surface area contributed by atoms with Gasteiger partial charge in [-0.05, 0) is 105 Å². The first-order valence-electron chi connectivity index (χ1n) is 9.27. The van der Waals surface area contributed by atoms with Crippen LogP contribution in [0.2, 0.25) is 0 Å². The Hall–Kier alpha value is -0.530. The largest absolute Gasteiger partial charge is 0.368 e. The number of hydrogen-bond acceptors (Lipinski definition) is 5. The fourth-order valence-corrected chi connectivity index (χ4v) is 6.16. The molecule has 7 heteroatoms. The standard InChI is InChI=1S/C21H29INO3PS/c1-14(2)25-27(24,26-15(3)4)21(17-7-10-19(28-6)11-8-17)23-20-12-9-18(22)13-16(20)5/h7-15,21,23H,1-6H3. The second-order valence-electron chi connectivity index (χ2n) is 7.13. The first kappa shape index (κ1) is 23.7. The average molecular weight is 533 g/mol.